The topological polar surface area (TPSA) is 142 Å². The van der Waals surface area contributed by atoms with Crippen molar-refractivity contribution in [2.24, 2.45) is 17.6 Å². The van der Waals surface area contributed by atoms with Gasteiger partial charge in [-0.1, -0.05) is 34.1 Å². The van der Waals surface area contributed by atoms with Gasteiger partial charge in [-0.2, -0.15) is 12.6 Å². The number of carboxylic acids is 1. The fourth-order valence-electron chi connectivity index (χ4n) is 3.21. The standard InChI is InChI=1S/C19H34N4O5S/c1-5-11(4)14(20)17(25)22-15(10(2)3)18(26)23-8-6-7-13(23)16(24)21-12(9-29)19(27)28/h10-15,29H,5-9,20H2,1-4H3,(H,21,24)(H,22,25)(H,27,28). The molecule has 0 aromatic carbocycles. The number of hydrogen-bond acceptors (Lipinski definition) is 6. The number of aliphatic carboxylic acids is 1. The van der Waals surface area contributed by atoms with Crippen LogP contribution in [0.3, 0.4) is 0 Å². The van der Waals surface area contributed by atoms with Crippen molar-refractivity contribution < 1.29 is 24.3 Å². The zero-order chi connectivity index (χ0) is 22.3. The Morgan fingerprint density at radius 2 is 1.83 bits per heavy atom. The lowest BCUT2D eigenvalue weighted by Gasteiger charge is -2.32. The maximum absolute atomic E-state index is 13.1. The number of rotatable bonds is 10. The van der Waals surface area contributed by atoms with Crippen LogP contribution in [-0.2, 0) is 19.2 Å². The van der Waals surface area contributed by atoms with Crippen molar-refractivity contribution in [2.45, 2.75) is 71.1 Å². The molecule has 0 saturated carbocycles. The van der Waals surface area contributed by atoms with Crippen molar-refractivity contribution in [2.75, 3.05) is 12.3 Å². The average molecular weight is 431 g/mol. The van der Waals surface area contributed by atoms with Gasteiger partial charge in [-0.3, -0.25) is 14.4 Å². The second-order valence-corrected chi connectivity index (χ2v) is 8.28. The van der Waals surface area contributed by atoms with Gasteiger partial charge in [0.05, 0.1) is 6.04 Å². The van der Waals surface area contributed by atoms with Gasteiger partial charge < -0.3 is 26.4 Å². The van der Waals surface area contributed by atoms with E-state index < -0.39 is 42.0 Å². The second kappa shape index (κ2) is 11.4. The number of nitrogens with two attached hydrogens (primary N) is 1. The summed E-state index contributed by atoms with van der Waals surface area (Å²) >= 11 is 3.94. The summed E-state index contributed by atoms with van der Waals surface area (Å²) in [6, 6.07) is -3.44. The third-order valence-corrected chi connectivity index (χ3v) is 5.79. The molecule has 3 amide bonds. The van der Waals surface area contributed by atoms with Crippen LogP contribution in [0, 0.1) is 11.8 Å². The molecular formula is C19H34N4O5S. The highest BCUT2D eigenvalue weighted by molar-refractivity contribution is 7.80. The maximum atomic E-state index is 13.1. The molecule has 0 aromatic heterocycles. The zero-order valence-corrected chi connectivity index (χ0v) is 18.4. The van der Waals surface area contributed by atoms with E-state index in [1.807, 2.05) is 27.7 Å². The monoisotopic (exact) mass is 430 g/mol. The van der Waals surface area contributed by atoms with Crippen LogP contribution in [0.5, 0.6) is 0 Å². The molecule has 0 spiro atoms. The van der Waals surface area contributed by atoms with Crippen LogP contribution in [0.1, 0.15) is 47.0 Å². The summed E-state index contributed by atoms with van der Waals surface area (Å²) in [5.74, 6) is -2.76. The molecule has 5 atom stereocenters. The van der Waals surface area contributed by atoms with Crippen molar-refractivity contribution in [1.29, 1.82) is 0 Å². The molecule has 9 nitrogen and oxygen atoms in total. The van der Waals surface area contributed by atoms with Crippen molar-refractivity contribution in [3.8, 4) is 0 Å². The molecule has 1 rings (SSSR count). The first-order chi connectivity index (χ1) is 13.5. The summed E-state index contributed by atoms with van der Waals surface area (Å²) in [7, 11) is 0. The number of hydrogen-bond donors (Lipinski definition) is 5. The van der Waals surface area contributed by atoms with Gasteiger partial charge in [0.1, 0.15) is 18.1 Å². The van der Waals surface area contributed by atoms with Gasteiger partial charge in [-0.15, -0.1) is 0 Å². The lowest BCUT2D eigenvalue weighted by Crippen LogP contribution is -2.58. The molecule has 1 aliphatic heterocycles. The molecule has 0 radical (unpaired) electrons. The Morgan fingerprint density at radius 1 is 1.21 bits per heavy atom. The maximum Gasteiger partial charge on any atom is 0.327 e. The highest BCUT2D eigenvalue weighted by atomic mass is 32.1. The molecular weight excluding hydrogens is 396 g/mol. The number of amides is 3. The first-order valence-corrected chi connectivity index (χ1v) is 10.7. The van der Waals surface area contributed by atoms with Crippen molar-refractivity contribution in [3.63, 3.8) is 0 Å². The number of nitrogens with one attached hydrogen (secondary N) is 2. The normalized spacial score (nSPS) is 20.7. The predicted octanol–water partition coefficient (Wildman–Crippen LogP) is -0.00920. The van der Waals surface area contributed by atoms with Crippen LogP contribution in [0.2, 0.25) is 0 Å². The molecule has 29 heavy (non-hydrogen) atoms. The van der Waals surface area contributed by atoms with E-state index in [1.54, 1.807) is 0 Å². The largest absolute Gasteiger partial charge is 0.480 e. The molecule has 5 N–H and O–H groups in total. The first kappa shape index (κ1) is 25.2. The Kier molecular flexibility index (Phi) is 9.91. The van der Waals surface area contributed by atoms with E-state index >= 15 is 0 Å². The molecule has 10 heteroatoms. The van der Waals surface area contributed by atoms with Gasteiger partial charge in [0.2, 0.25) is 17.7 Å². The fraction of sp³-hybridized carbons (Fsp3) is 0.789. The van der Waals surface area contributed by atoms with E-state index in [9.17, 15) is 19.2 Å². The molecule has 0 bridgehead atoms. The zero-order valence-electron chi connectivity index (χ0n) is 17.6. The summed E-state index contributed by atoms with van der Waals surface area (Å²) in [5, 5.41) is 14.3. The fourth-order valence-corrected chi connectivity index (χ4v) is 3.46. The summed E-state index contributed by atoms with van der Waals surface area (Å²) in [6.45, 7) is 7.80. The van der Waals surface area contributed by atoms with E-state index in [4.69, 9.17) is 10.8 Å². The van der Waals surface area contributed by atoms with Gasteiger partial charge in [0.25, 0.3) is 0 Å². The minimum Gasteiger partial charge on any atom is -0.480 e. The summed E-state index contributed by atoms with van der Waals surface area (Å²) in [5.41, 5.74) is 5.98. The average Bonchev–Trinajstić information content (AvgIpc) is 3.17. The lowest BCUT2D eigenvalue weighted by atomic mass is 9.97. The van der Waals surface area contributed by atoms with E-state index in [-0.39, 0.29) is 23.5 Å². The Bertz CT molecular complexity index is 615. The third kappa shape index (κ3) is 6.60. The molecule has 1 aliphatic rings. The SMILES string of the molecule is CCC(C)C(N)C(=O)NC(C(=O)N1CCCC1C(=O)NC(CS)C(=O)O)C(C)C. The van der Waals surface area contributed by atoms with Crippen LogP contribution < -0.4 is 16.4 Å². The quantitative estimate of drug-likeness (QED) is 0.309. The van der Waals surface area contributed by atoms with Crippen LogP contribution in [0.15, 0.2) is 0 Å². The third-order valence-electron chi connectivity index (χ3n) is 5.43. The number of carboxylic acid groups (broad SMARTS) is 1. The smallest absolute Gasteiger partial charge is 0.327 e. The minimum absolute atomic E-state index is 0.0302. The van der Waals surface area contributed by atoms with Crippen molar-refractivity contribution in [3.05, 3.63) is 0 Å². The Balaban J connectivity index is 2.91. The van der Waals surface area contributed by atoms with E-state index in [1.165, 1.54) is 4.90 Å². The summed E-state index contributed by atoms with van der Waals surface area (Å²) in [6.07, 6.45) is 1.79. The molecule has 1 heterocycles. The van der Waals surface area contributed by atoms with Gasteiger partial charge in [-0.05, 0) is 24.7 Å². The van der Waals surface area contributed by atoms with Crippen molar-refractivity contribution >= 4 is 36.3 Å². The van der Waals surface area contributed by atoms with Crippen molar-refractivity contribution in [1.82, 2.24) is 15.5 Å². The second-order valence-electron chi connectivity index (χ2n) is 7.91. The number of carbonyl (C=O) groups excluding carboxylic acids is 3. The van der Waals surface area contributed by atoms with E-state index in [2.05, 4.69) is 23.3 Å². The van der Waals surface area contributed by atoms with Gasteiger partial charge in [-0.25, -0.2) is 4.79 Å². The number of thiol groups is 1. The Morgan fingerprint density at radius 3 is 2.31 bits per heavy atom. The Hall–Kier alpha value is -1.81. The summed E-state index contributed by atoms with van der Waals surface area (Å²) in [4.78, 5) is 50.8. The van der Waals surface area contributed by atoms with Gasteiger partial charge in [0, 0.05) is 12.3 Å². The number of likely N-dealkylation sites (tertiary alicyclic amines) is 1. The van der Waals surface area contributed by atoms with Crippen LogP contribution >= 0.6 is 12.6 Å². The molecule has 166 valence electrons. The van der Waals surface area contributed by atoms with E-state index in [0.717, 1.165) is 6.42 Å². The molecule has 5 unspecified atom stereocenters. The Labute approximate surface area is 177 Å². The molecule has 0 aromatic rings. The molecule has 0 aliphatic carbocycles. The number of nitrogens with zero attached hydrogens (tertiary/aromatic N) is 1. The van der Waals surface area contributed by atoms with Gasteiger partial charge in [0.15, 0.2) is 0 Å². The first-order valence-electron chi connectivity index (χ1n) is 10.1. The minimum atomic E-state index is -1.18. The van der Waals surface area contributed by atoms with Crippen LogP contribution in [-0.4, -0.2) is 70.2 Å². The molecule has 1 saturated heterocycles. The highest BCUT2D eigenvalue weighted by Gasteiger charge is 2.40. The van der Waals surface area contributed by atoms with Crippen LogP contribution in [0.4, 0.5) is 0 Å². The highest BCUT2D eigenvalue weighted by Crippen LogP contribution is 2.21. The summed E-state index contributed by atoms with van der Waals surface area (Å²) < 4.78 is 0. The van der Waals surface area contributed by atoms with Gasteiger partial charge >= 0.3 is 5.97 Å². The molecule has 1 fully saturated rings. The van der Waals surface area contributed by atoms with E-state index in [0.29, 0.717) is 19.4 Å². The predicted molar refractivity (Wildman–Crippen MR) is 112 cm³/mol. The number of carbonyl (C=O) groups is 4. The van der Waals surface area contributed by atoms with Crippen LogP contribution in [0.25, 0.3) is 0 Å². The lowest BCUT2D eigenvalue weighted by molar-refractivity contribution is -0.145.